The molecule has 0 bridgehead atoms. The summed E-state index contributed by atoms with van der Waals surface area (Å²) in [6.07, 6.45) is 3.98. The van der Waals surface area contributed by atoms with Crippen LogP contribution in [0.4, 0.5) is 0 Å². The van der Waals surface area contributed by atoms with E-state index in [0.29, 0.717) is 12.8 Å². The zero-order chi connectivity index (χ0) is 13.9. The van der Waals surface area contributed by atoms with Crippen molar-refractivity contribution in [3.8, 4) is 6.07 Å². The standard InChI is InChI=1S/C15H25N3O/c1-3-15(4-2,12-16)14(19)18-9-7-17(8-10-18)11-13-5-6-13/h13H,3-11H2,1-2H3. The van der Waals surface area contributed by atoms with Crippen LogP contribution in [0.25, 0.3) is 0 Å². The zero-order valence-electron chi connectivity index (χ0n) is 12.2. The van der Waals surface area contributed by atoms with Crippen LogP contribution in [0.1, 0.15) is 39.5 Å². The van der Waals surface area contributed by atoms with E-state index in [1.807, 2.05) is 18.7 Å². The summed E-state index contributed by atoms with van der Waals surface area (Å²) < 4.78 is 0. The summed E-state index contributed by atoms with van der Waals surface area (Å²) in [6, 6.07) is 2.26. The SMILES string of the molecule is CCC(C#N)(CC)C(=O)N1CCN(CC2CC2)CC1. The van der Waals surface area contributed by atoms with Crippen LogP contribution >= 0.6 is 0 Å². The Morgan fingerprint density at radius 3 is 2.21 bits per heavy atom. The highest BCUT2D eigenvalue weighted by atomic mass is 16.2. The summed E-state index contributed by atoms with van der Waals surface area (Å²) in [5, 5.41) is 9.35. The number of carbonyl (C=O) groups is 1. The molecule has 4 nitrogen and oxygen atoms in total. The van der Waals surface area contributed by atoms with Gasteiger partial charge in [0.1, 0.15) is 5.41 Å². The maximum Gasteiger partial charge on any atom is 0.243 e. The second-order valence-electron chi connectivity index (χ2n) is 5.94. The van der Waals surface area contributed by atoms with E-state index in [0.717, 1.165) is 32.1 Å². The Hall–Kier alpha value is -1.08. The molecular formula is C15H25N3O. The molecule has 19 heavy (non-hydrogen) atoms. The first-order valence-corrected chi connectivity index (χ1v) is 7.58. The second-order valence-corrected chi connectivity index (χ2v) is 5.94. The summed E-state index contributed by atoms with van der Waals surface area (Å²) in [5.41, 5.74) is -0.793. The van der Waals surface area contributed by atoms with Crippen LogP contribution in [0.5, 0.6) is 0 Å². The Kier molecular flexibility index (Phi) is 4.46. The Morgan fingerprint density at radius 1 is 1.21 bits per heavy atom. The number of piperazine rings is 1. The van der Waals surface area contributed by atoms with E-state index in [2.05, 4.69) is 11.0 Å². The lowest BCUT2D eigenvalue weighted by atomic mass is 9.82. The smallest absolute Gasteiger partial charge is 0.243 e. The van der Waals surface area contributed by atoms with Gasteiger partial charge in [0.05, 0.1) is 6.07 Å². The minimum absolute atomic E-state index is 0.0473. The van der Waals surface area contributed by atoms with E-state index >= 15 is 0 Å². The van der Waals surface area contributed by atoms with Gasteiger partial charge in [-0.05, 0) is 31.6 Å². The Balaban J connectivity index is 1.89. The van der Waals surface area contributed by atoms with Crippen molar-refractivity contribution in [2.75, 3.05) is 32.7 Å². The number of hydrogen-bond donors (Lipinski definition) is 0. The van der Waals surface area contributed by atoms with Crippen molar-refractivity contribution in [1.82, 2.24) is 9.80 Å². The maximum absolute atomic E-state index is 12.5. The number of nitrogens with zero attached hydrogens (tertiary/aromatic N) is 3. The van der Waals surface area contributed by atoms with Crippen molar-refractivity contribution in [1.29, 1.82) is 5.26 Å². The molecule has 1 saturated carbocycles. The van der Waals surface area contributed by atoms with Gasteiger partial charge in [-0.25, -0.2) is 0 Å². The third-order valence-electron chi connectivity index (χ3n) is 4.70. The predicted octanol–water partition coefficient (Wildman–Crippen LogP) is 1.87. The summed E-state index contributed by atoms with van der Waals surface area (Å²) >= 11 is 0. The molecule has 0 aromatic rings. The average Bonchev–Trinajstić information content (AvgIpc) is 3.26. The normalized spacial score (nSPS) is 21.2. The van der Waals surface area contributed by atoms with Gasteiger partial charge in [-0.1, -0.05) is 13.8 Å². The first-order chi connectivity index (χ1) is 9.15. The molecule has 1 amide bonds. The largest absolute Gasteiger partial charge is 0.339 e. The minimum atomic E-state index is -0.793. The predicted molar refractivity (Wildman–Crippen MR) is 74.4 cm³/mol. The van der Waals surface area contributed by atoms with Gasteiger partial charge in [-0.3, -0.25) is 9.69 Å². The van der Waals surface area contributed by atoms with Crippen molar-refractivity contribution in [2.24, 2.45) is 11.3 Å². The molecule has 4 heteroatoms. The van der Waals surface area contributed by atoms with Crippen molar-refractivity contribution in [3.63, 3.8) is 0 Å². The highest BCUT2D eigenvalue weighted by Gasteiger charge is 2.39. The molecule has 0 aromatic carbocycles. The molecule has 0 N–H and O–H groups in total. The van der Waals surface area contributed by atoms with Crippen LogP contribution in [-0.4, -0.2) is 48.4 Å². The quantitative estimate of drug-likeness (QED) is 0.761. The van der Waals surface area contributed by atoms with Gasteiger partial charge in [-0.15, -0.1) is 0 Å². The van der Waals surface area contributed by atoms with Gasteiger partial charge < -0.3 is 4.90 Å². The molecule has 1 aliphatic heterocycles. The van der Waals surface area contributed by atoms with Gasteiger partial charge in [0, 0.05) is 32.7 Å². The van der Waals surface area contributed by atoms with Crippen LogP contribution in [0.2, 0.25) is 0 Å². The molecule has 1 heterocycles. The third kappa shape index (κ3) is 3.09. The van der Waals surface area contributed by atoms with Crippen LogP contribution in [0.3, 0.4) is 0 Å². The fraction of sp³-hybridized carbons (Fsp3) is 0.867. The first kappa shape index (κ1) is 14.3. The lowest BCUT2D eigenvalue weighted by Crippen LogP contribution is -2.53. The summed E-state index contributed by atoms with van der Waals surface area (Å²) in [4.78, 5) is 16.9. The fourth-order valence-electron chi connectivity index (χ4n) is 2.86. The molecule has 0 aromatic heterocycles. The highest BCUT2D eigenvalue weighted by molar-refractivity contribution is 5.85. The Morgan fingerprint density at radius 2 is 1.79 bits per heavy atom. The van der Waals surface area contributed by atoms with E-state index in [1.54, 1.807) is 0 Å². The molecule has 0 atom stereocenters. The van der Waals surface area contributed by atoms with E-state index in [-0.39, 0.29) is 5.91 Å². The molecule has 0 unspecified atom stereocenters. The lowest BCUT2D eigenvalue weighted by molar-refractivity contribution is -0.141. The number of amides is 1. The Bertz CT molecular complexity index is 358. The van der Waals surface area contributed by atoms with Crippen LogP contribution in [0, 0.1) is 22.7 Å². The van der Waals surface area contributed by atoms with Crippen molar-refractivity contribution < 1.29 is 4.79 Å². The van der Waals surface area contributed by atoms with E-state index in [9.17, 15) is 10.1 Å². The molecule has 1 aliphatic carbocycles. The highest BCUT2D eigenvalue weighted by Crippen LogP contribution is 2.31. The molecule has 106 valence electrons. The topological polar surface area (TPSA) is 47.3 Å². The molecule has 2 fully saturated rings. The summed E-state index contributed by atoms with van der Waals surface area (Å²) in [5.74, 6) is 0.956. The van der Waals surface area contributed by atoms with Gasteiger partial charge in [-0.2, -0.15) is 5.26 Å². The summed E-state index contributed by atoms with van der Waals surface area (Å²) in [7, 11) is 0. The first-order valence-electron chi connectivity index (χ1n) is 7.58. The molecule has 0 radical (unpaired) electrons. The third-order valence-corrected chi connectivity index (χ3v) is 4.70. The summed E-state index contributed by atoms with van der Waals surface area (Å²) in [6.45, 7) is 8.59. The fourth-order valence-corrected chi connectivity index (χ4v) is 2.86. The van der Waals surface area contributed by atoms with Gasteiger partial charge in [0.15, 0.2) is 0 Å². The van der Waals surface area contributed by atoms with E-state index in [1.165, 1.54) is 19.4 Å². The van der Waals surface area contributed by atoms with Crippen molar-refractivity contribution in [3.05, 3.63) is 0 Å². The average molecular weight is 263 g/mol. The minimum Gasteiger partial charge on any atom is -0.339 e. The molecular weight excluding hydrogens is 238 g/mol. The molecule has 1 saturated heterocycles. The zero-order valence-corrected chi connectivity index (χ0v) is 12.2. The maximum atomic E-state index is 12.5. The Labute approximate surface area is 116 Å². The van der Waals surface area contributed by atoms with Crippen LogP contribution in [0.15, 0.2) is 0 Å². The van der Waals surface area contributed by atoms with Gasteiger partial charge >= 0.3 is 0 Å². The molecule has 2 aliphatic rings. The van der Waals surface area contributed by atoms with Crippen LogP contribution < -0.4 is 0 Å². The number of rotatable bonds is 5. The van der Waals surface area contributed by atoms with Gasteiger partial charge in [0.25, 0.3) is 0 Å². The van der Waals surface area contributed by atoms with Crippen LogP contribution in [-0.2, 0) is 4.79 Å². The number of nitriles is 1. The lowest BCUT2D eigenvalue weighted by Gasteiger charge is -2.38. The second kappa shape index (κ2) is 5.92. The van der Waals surface area contributed by atoms with Crippen molar-refractivity contribution >= 4 is 5.91 Å². The monoisotopic (exact) mass is 263 g/mol. The molecule has 2 rings (SSSR count). The van der Waals surface area contributed by atoms with E-state index in [4.69, 9.17) is 0 Å². The van der Waals surface area contributed by atoms with Crippen molar-refractivity contribution in [2.45, 2.75) is 39.5 Å². The van der Waals surface area contributed by atoms with E-state index < -0.39 is 5.41 Å². The van der Waals surface area contributed by atoms with Gasteiger partial charge in [0.2, 0.25) is 5.91 Å². The number of hydrogen-bond acceptors (Lipinski definition) is 3. The number of carbonyl (C=O) groups excluding carboxylic acids is 1. The molecule has 0 spiro atoms.